The molecule has 0 saturated carbocycles. The summed E-state index contributed by atoms with van der Waals surface area (Å²) in [6.07, 6.45) is 0. The Hall–Kier alpha value is -1.22. The van der Waals surface area contributed by atoms with Crippen LogP contribution in [-0.4, -0.2) is 20.8 Å². The van der Waals surface area contributed by atoms with Crippen molar-refractivity contribution >= 4 is 5.69 Å². The quantitative estimate of drug-likeness (QED) is 0.752. The Morgan fingerprint density at radius 1 is 1.31 bits per heavy atom. The summed E-state index contributed by atoms with van der Waals surface area (Å²) < 4.78 is 5.40. The van der Waals surface area contributed by atoms with E-state index in [4.69, 9.17) is 4.74 Å². The van der Waals surface area contributed by atoms with E-state index >= 15 is 0 Å². The molecule has 0 aliphatic rings. The number of anilines is 1. The second kappa shape index (κ2) is 5.75. The summed E-state index contributed by atoms with van der Waals surface area (Å²) >= 11 is 0. The minimum Gasteiger partial charge on any atom is -0.496 e. The number of rotatable bonds is 5. The second-order valence-corrected chi connectivity index (χ2v) is 4.27. The zero-order valence-corrected chi connectivity index (χ0v) is 10.8. The van der Waals surface area contributed by atoms with Gasteiger partial charge >= 0.3 is 0 Å². The Labute approximate surface area is 98.2 Å². The third kappa shape index (κ3) is 2.89. The number of hydrogen-bond acceptors (Lipinski definition) is 3. The lowest BCUT2D eigenvalue weighted by Crippen LogP contribution is -2.17. The van der Waals surface area contributed by atoms with Crippen LogP contribution in [0.4, 0.5) is 5.69 Å². The van der Waals surface area contributed by atoms with Gasteiger partial charge in [0.2, 0.25) is 0 Å². The fourth-order valence-electron chi connectivity index (χ4n) is 1.70. The molecule has 0 aliphatic carbocycles. The van der Waals surface area contributed by atoms with Crippen LogP contribution in [0.5, 0.6) is 5.75 Å². The Morgan fingerprint density at radius 2 is 2.00 bits per heavy atom. The molecule has 0 heterocycles. The van der Waals surface area contributed by atoms with E-state index in [2.05, 4.69) is 43.5 Å². The van der Waals surface area contributed by atoms with Gasteiger partial charge in [0.05, 0.1) is 13.8 Å². The molecule has 1 rings (SSSR count). The first-order chi connectivity index (χ1) is 7.60. The molecule has 3 nitrogen and oxygen atoms in total. The highest BCUT2D eigenvalue weighted by molar-refractivity contribution is 5.58. The van der Waals surface area contributed by atoms with Crippen LogP contribution in [0.25, 0.3) is 0 Å². The first-order valence-corrected chi connectivity index (χ1v) is 5.67. The fraction of sp³-hybridized carbons (Fsp3) is 0.538. The van der Waals surface area contributed by atoms with Crippen molar-refractivity contribution < 1.29 is 4.74 Å². The molecular formula is C13H22N2O. The topological polar surface area (TPSA) is 33.3 Å². The normalized spacial score (nSPS) is 10.6. The molecule has 0 atom stereocenters. The highest BCUT2D eigenvalue weighted by Crippen LogP contribution is 2.31. The molecule has 0 bridgehead atoms. The van der Waals surface area contributed by atoms with E-state index in [-0.39, 0.29) is 0 Å². The minimum atomic E-state index is 0.464. The first-order valence-electron chi connectivity index (χ1n) is 5.67. The van der Waals surface area contributed by atoms with Crippen LogP contribution in [0.3, 0.4) is 0 Å². The molecule has 90 valence electrons. The third-order valence-electron chi connectivity index (χ3n) is 2.65. The maximum Gasteiger partial charge on any atom is 0.122 e. The van der Waals surface area contributed by atoms with Gasteiger partial charge in [0.1, 0.15) is 5.75 Å². The molecule has 0 aliphatic heterocycles. The Balaban J connectivity index is 3.06. The van der Waals surface area contributed by atoms with Crippen LogP contribution in [0.1, 0.15) is 30.9 Å². The SMILES string of the molecule is CNCNc1cc(C(C)C)c(OC)cc1C. The lowest BCUT2D eigenvalue weighted by molar-refractivity contribution is 0.407. The molecule has 0 aromatic heterocycles. The zero-order chi connectivity index (χ0) is 12.1. The van der Waals surface area contributed by atoms with Crippen LogP contribution < -0.4 is 15.4 Å². The first kappa shape index (κ1) is 12.8. The van der Waals surface area contributed by atoms with E-state index in [9.17, 15) is 0 Å². The summed E-state index contributed by atoms with van der Waals surface area (Å²) in [4.78, 5) is 0. The molecule has 2 N–H and O–H groups in total. The van der Waals surface area contributed by atoms with Gasteiger partial charge in [0.15, 0.2) is 0 Å². The van der Waals surface area contributed by atoms with Crippen molar-refractivity contribution in [2.45, 2.75) is 26.7 Å². The van der Waals surface area contributed by atoms with Crippen molar-refractivity contribution in [2.24, 2.45) is 0 Å². The van der Waals surface area contributed by atoms with Crippen LogP contribution in [0.2, 0.25) is 0 Å². The number of benzene rings is 1. The van der Waals surface area contributed by atoms with Gasteiger partial charge in [-0.2, -0.15) is 0 Å². The molecule has 0 spiro atoms. The van der Waals surface area contributed by atoms with Gasteiger partial charge in [-0.15, -0.1) is 0 Å². The summed E-state index contributed by atoms with van der Waals surface area (Å²) in [5, 5.41) is 6.42. The monoisotopic (exact) mass is 222 g/mol. The number of ether oxygens (including phenoxy) is 1. The molecule has 3 heteroatoms. The number of aryl methyl sites for hydroxylation is 1. The van der Waals surface area contributed by atoms with Crippen molar-refractivity contribution in [3.63, 3.8) is 0 Å². The van der Waals surface area contributed by atoms with E-state index in [0.29, 0.717) is 5.92 Å². The van der Waals surface area contributed by atoms with E-state index in [0.717, 1.165) is 12.4 Å². The Morgan fingerprint density at radius 3 is 2.50 bits per heavy atom. The van der Waals surface area contributed by atoms with Gasteiger partial charge in [-0.05, 0) is 43.1 Å². The molecule has 1 aromatic rings. The van der Waals surface area contributed by atoms with Gasteiger partial charge in [-0.3, -0.25) is 0 Å². The average Bonchev–Trinajstić information content (AvgIpc) is 2.26. The zero-order valence-electron chi connectivity index (χ0n) is 10.8. The summed E-state index contributed by atoms with van der Waals surface area (Å²) in [6.45, 7) is 7.21. The molecule has 1 aromatic carbocycles. The Bertz CT molecular complexity index is 348. The number of methoxy groups -OCH3 is 1. The molecule has 16 heavy (non-hydrogen) atoms. The lowest BCUT2D eigenvalue weighted by Gasteiger charge is -2.17. The van der Waals surface area contributed by atoms with E-state index in [1.54, 1.807) is 7.11 Å². The van der Waals surface area contributed by atoms with Crippen molar-refractivity contribution in [1.82, 2.24) is 5.32 Å². The van der Waals surface area contributed by atoms with Gasteiger partial charge in [-0.25, -0.2) is 0 Å². The maximum absolute atomic E-state index is 5.40. The highest BCUT2D eigenvalue weighted by atomic mass is 16.5. The van der Waals surface area contributed by atoms with Gasteiger partial charge in [0.25, 0.3) is 0 Å². The lowest BCUT2D eigenvalue weighted by atomic mass is 9.99. The van der Waals surface area contributed by atoms with Crippen molar-refractivity contribution in [2.75, 3.05) is 26.1 Å². The van der Waals surface area contributed by atoms with Gasteiger partial charge < -0.3 is 15.4 Å². The summed E-state index contributed by atoms with van der Waals surface area (Å²) in [5.41, 5.74) is 3.61. The van der Waals surface area contributed by atoms with Crippen LogP contribution in [-0.2, 0) is 0 Å². The van der Waals surface area contributed by atoms with E-state index in [1.807, 2.05) is 7.05 Å². The largest absolute Gasteiger partial charge is 0.496 e. The molecule has 0 amide bonds. The standard InChI is InChI=1S/C13H22N2O/c1-9(2)11-7-12(15-8-14-4)10(3)6-13(11)16-5/h6-7,9,14-15H,8H2,1-5H3. The maximum atomic E-state index is 5.40. The minimum absolute atomic E-state index is 0.464. The molecular weight excluding hydrogens is 200 g/mol. The Kier molecular flexibility index (Phi) is 4.62. The smallest absolute Gasteiger partial charge is 0.122 e. The summed E-state index contributed by atoms with van der Waals surface area (Å²) in [5.74, 6) is 1.44. The molecule has 0 saturated heterocycles. The molecule has 0 fully saturated rings. The average molecular weight is 222 g/mol. The van der Waals surface area contributed by atoms with Crippen LogP contribution in [0.15, 0.2) is 12.1 Å². The van der Waals surface area contributed by atoms with E-state index in [1.165, 1.54) is 16.8 Å². The van der Waals surface area contributed by atoms with Crippen LogP contribution >= 0.6 is 0 Å². The second-order valence-electron chi connectivity index (χ2n) is 4.27. The number of nitrogens with one attached hydrogen (secondary N) is 2. The predicted molar refractivity (Wildman–Crippen MR) is 69.4 cm³/mol. The van der Waals surface area contributed by atoms with E-state index < -0.39 is 0 Å². The fourth-order valence-corrected chi connectivity index (χ4v) is 1.70. The number of hydrogen-bond donors (Lipinski definition) is 2. The predicted octanol–water partition coefficient (Wildman–Crippen LogP) is 2.72. The summed E-state index contributed by atoms with van der Waals surface area (Å²) in [6, 6.07) is 4.27. The van der Waals surface area contributed by atoms with Crippen LogP contribution in [0, 0.1) is 6.92 Å². The molecule has 0 unspecified atom stereocenters. The van der Waals surface area contributed by atoms with Gasteiger partial charge in [-0.1, -0.05) is 13.8 Å². The van der Waals surface area contributed by atoms with Gasteiger partial charge in [0, 0.05) is 5.69 Å². The summed E-state index contributed by atoms with van der Waals surface area (Å²) in [7, 11) is 3.65. The van der Waals surface area contributed by atoms with Crippen molar-refractivity contribution in [3.8, 4) is 5.75 Å². The van der Waals surface area contributed by atoms with Crippen molar-refractivity contribution in [1.29, 1.82) is 0 Å². The van der Waals surface area contributed by atoms with Crippen molar-refractivity contribution in [3.05, 3.63) is 23.3 Å². The highest BCUT2D eigenvalue weighted by Gasteiger charge is 2.10. The third-order valence-corrected chi connectivity index (χ3v) is 2.65. The molecule has 0 radical (unpaired) electrons.